The van der Waals surface area contributed by atoms with Crippen LogP contribution in [-0.2, 0) is 22.4 Å². The van der Waals surface area contributed by atoms with Crippen molar-refractivity contribution in [1.29, 1.82) is 0 Å². The van der Waals surface area contributed by atoms with Gasteiger partial charge >= 0.3 is 5.97 Å². The number of fused-ring (bicyclic) bond motifs is 5. The van der Waals surface area contributed by atoms with E-state index in [4.69, 9.17) is 14.6 Å². The number of aromatic nitrogens is 2. The number of aryl methyl sites for hydroxylation is 2. The molecule has 2 heterocycles. The van der Waals surface area contributed by atoms with Gasteiger partial charge in [-0.2, -0.15) is 0 Å². The molecule has 7 rings (SSSR count). The molecule has 0 saturated heterocycles. The first-order valence-electron chi connectivity index (χ1n) is 15.5. The lowest BCUT2D eigenvalue weighted by atomic mass is 9.73. The maximum absolute atomic E-state index is 12.9. The minimum Gasteiger partial charge on any atom is -0.507 e. The van der Waals surface area contributed by atoms with Gasteiger partial charge in [-0.3, -0.25) is 9.78 Å². The summed E-state index contributed by atoms with van der Waals surface area (Å²) in [5.41, 5.74) is 5.79. The van der Waals surface area contributed by atoms with Crippen LogP contribution in [0.5, 0.6) is 17.2 Å². The summed E-state index contributed by atoms with van der Waals surface area (Å²) in [6.45, 7) is 0. The van der Waals surface area contributed by atoms with E-state index < -0.39 is 5.97 Å². The number of phenols is 1. The minimum atomic E-state index is -1.02. The molecule has 2 aromatic heterocycles. The minimum absolute atomic E-state index is 0.0544. The van der Waals surface area contributed by atoms with Gasteiger partial charge in [0.1, 0.15) is 22.9 Å². The fourth-order valence-electron chi connectivity index (χ4n) is 6.30. The van der Waals surface area contributed by atoms with Crippen LogP contribution in [0.25, 0.3) is 27.1 Å². The third kappa shape index (κ3) is 7.21. The highest BCUT2D eigenvalue weighted by atomic mass is 16.5. The summed E-state index contributed by atoms with van der Waals surface area (Å²) in [4.78, 5) is 31.1. The highest BCUT2D eigenvalue weighted by Gasteiger charge is 2.31. The predicted octanol–water partition coefficient (Wildman–Crippen LogP) is 7.24. The van der Waals surface area contributed by atoms with E-state index in [-0.39, 0.29) is 17.4 Å². The summed E-state index contributed by atoms with van der Waals surface area (Å²) in [5, 5.41) is 22.8. The van der Waals surface area contributed by atoms with Crippen LogP contribution in [0, 0.1) is 5.92 Å². The van der Waals surface area contributed by atoms with Crippen molar-refractivity contribution in [2.75, 3.05) is 28.4 Å². The summed E-state index contributed by atoms with van der Waals surface area (Å²) in [5.74, 6) is 0.888. The zero-order valence-corrected chi connectivity index (χ0v) is 27.4. The molecule has 246 valence electrons. The van der Waals surface area contributed by atoms with E-state index in [9.17, 15) is 14.7 Å². The second-order valence-electron chi connectivity index (χ2n) is 11.4. The van der Waals surface area contributed by atoms with Crippen LogP contribution in [0.3, 0.4) is 0 Å². The Hall–Kier alpha value is -5.54. The van der Waals surface area contributed by atoms with E-state index >= 15 is 0 Å². The van der Waals surface area contributed by atoms with Crippen LogP contribution in [0.1, 0.15) is 40.0 Å². The summed E-state index contributed by atoms with van der Waals surface area (Å²) in [7, 11) is 6.55. The van der Waals surface area contributed by atoms with Crippen LogP contribution in [0.15, 0.2) is 97.0 Å². The maximum atomic E-state index is 12.9. The predicted molar refractivity (Wildman–Crippen MR) is 186 cm³/mol. The van der Waals surface area contributed by atoms with Gasteiger partial charge in [0.2, 0.25) is 0 Å². The molecular weight excluding hydrogens is 608 g/mol. The highest BCUT2D eigenvalue weighted by Crippen LogP contribution is 2.44. The van der Waals surface area contributed by atoms with Crippen molar-refractivity contribution in [2.45, 2.75) is 25.7 Å². The molecule has 0 radical (unpaired) electrons. The molecule has 48 heavy (non-hydrogen) atoms. The fourth-order valence-corrected chi connectivity index (χ4v) is 6.30. The van der Waals surface area contributed by atoms with Gasteiger partial charge in [-0.25, -0.2) is 9.78 Å². The maximum Gasteiger partial charge on any atom is 0.354 e. The van der Waals surface area contributed by atoms with E-state index in [0.717, 1.165) is 75.4 Å². The van der Waals surface area contributed by atoms with Crippen molar-refractivity contribution in [2.24, 2.45) is 5.92 Å². The van der Waals surface area contributed by atoms with Crippen LogP contribution in [-0.4, -0.2) is 60.4 Å². The molecule has 0 bridgehead atoms. The number of phenolic OH excluding ortho intramolecular Hbond substituents is 1. The lowest BCUT2D eigenvalue weighted by molar-refractivity contribution is -0.117. The number of carbonyl (C=O) groups is 2. The van der Waals surface area contributed by atoms with E-state index in [1.54, 1.807) is 59.0 Å². The third-order valence-electron chi connectivity index (χ3n) is 8.53. The topological polar surface area (TPSA) is 128 Å². The molecule has 1 unspecified atom stereocenters. The zero-order valence-electron chi connectivity index (χ0n) is 27.4. The molecule has 2 aliphatic carbocycles. The number of carboxylic acid groups (broad SMARTS) is 1. The van der Waals surface area contributed by atoms with E-state index in [1.807, 2.05) is 36.4 Å². The molecule has 9 nitrogen and oxygen atoms in total. The molecule has 2 aliphatic rings. The second-order valence-corrected chi connectivity index (χ2v) is 11.4. The quantitative estimate of drug-likeness (QED) is 0.196. The van der Waals surface area contributed by atoms with Crippen molar-refractivity contribution in [3.8, 4) is 17.2 Å². The molecule has 2 N–H and O–H groups in total. The van der Waals surface area contributed by atoms with E-state index in [2.05, 4.69) is 26.8 Å². The summed E-state index contributed by atoms with van der Waals surface area (Å²) >= 11 is 0. The lowest BCUT2D eigenvalue weighted by Crippen LogP contribution is -2.23. The number of benzene rings is 3. The number of allylic oxidation sites excluding steroid dienone is 4. The Labute approximate surface area is 279 Å². The standard InChI is InChI=1S/C28H26O4.C9H6N2O2.C2H6O/c1-31-19-9-6-17(27(16-19)32-2)7-11-23-21-12-13-24-22(20(21)14-15-25(23)29)10-8-18-4-3-5-26(30)28(18)24;12-9(13)8-3-6-1-2-10-4-7(6)5-11-8;1-3-2/h3-6,8-10,14-16,23,30H,7,11-13H2,1-2H3;1-5H,(H,12,13);1-2H3. The number of hydrogen-bond acceptors (Lipinski definition) is 8. The number of pyridine rings is 2. The van der Waals surface area contributed by atoms with Gasteiger partial charge in [-0.05, 0) is 89.1 Å². The SMILES string of the molecule is COC.COc1ccc(CCC2C(=O)C=CC3=C2CCc2c3ccc3cccc(O)c23)c(OC)c1.O=C(O)c1cc2ccncc2cn1. The number of carbonyl (C=O) groups excluding carboxylic acids is 1. The van der Waals surface area contributed by atoms with Gasteiger partial charge in [-0.15, -0.1) is 0 Å². The Kier molecular flexibility index (Phi) is 10.8. The third-order valence-corrected chi connectivity index (χ3v) is 8.53. The lowest BCUT2D eigenvalue weighted by Gasteiger charge is -2.30. The molecule has 1 atom stereocenters. The molecular formula is C39H38N2O7. The highest BCUT2D eigenvalue weighted by molar-refractivity contribution is 6.04. The van der Waals surface area contributed by atoms with Crippen LogP contribution >= 0.6 is 0 Å². The average molecular weight is 647 g/mol. The largest absolute Gasteiger partial charge is 0.507 e. The number of aromatic carboxylic acids is 1. The zero-order chi connectivity index (χ0) is 34.2. The van der Waals surface area contributed by atoms with Gasteiger partial charge in [0.05, 0.1) is 14.2 Å². The smallest absolute Gasteiger partial charge is 0.354 e. The number of nitrogens with zero attached hydrogens (tertiary/aromatic N) is 2. The second kappa shape index (κ2) is 15.4. The number of hydrogen-bond donors (Lipinski definition) is 2. The van der Waals surface area contributed by atoms with Crippen molar-refractivity contribution >= 4 is 38.9 Å². The molecule has 3 aromatic carbocycles. The number of ether oxygens (including phenoxy) is 3. The summed E-state index contributed by atoms with van der Waals surface area (Å²) < 4.78 is 15.1. The Bertz CT molecular complexity index is 2030. The Morgan fingerprint density at radius 1 is 0.896 bits per heavy atom. The van der Waals surface area contributed by atoms with Gasteiger partial charge in [0.25, 0.3) is 0 Å². The van der Waals surface area contributed by atoms with Gasteiger partial charge in [-0.1, -0.05) is 42.0 Å². The number of carboxylic acids is 1. The average Bonchev–Trinajstić information content (AvgIpc) is 3.11. The molecule has 0 spiro atoms. The van der Waals surface area contributed by atoms with Crippen molar-refractivity contribution < 1.29 is 34.0 Å². The molecule has 0 amide bonds. The molecule has 9 heteroatoms. The summed E-state index contributed by atoms with van der Waals surface area (Å²) in [6, 6.07) is 19.0. The Morgan fingerprint density at radius 2 is 1.71 bits per heavy atom. The Morgan fingerprint density at radius 3 is 2.46 bits per heavy atom. The first kappa shape index (κ1) is 33.8. The normalized spacial score (nSPS) is 14.7. The monoisotopic (exact) mass is 646 g/mol. The van der Waals surface area contributed by atoms with Crippen molar-refractivity contribution in [1.82, 2.24) is 9.97 Å². The summed E-state index contributed by atoms with van der Waals surface area (Å²) in [6.07, 6.45) is 11.6. The van der Waals surface area contributed by atoms with E-state index in [0.29, 0.717) is 5.75 Å². The van der Waals surface area contributed by atoms with Crippen molar-refractivity contribution in [3.63, 3.8) is 0 Å². The number of methoxy groups -OCH3 is 3. The first-order valence-corrected chi connectivity index (χ1v) is 15.5. The van der Waals surface area contributed by atoms with Gasteiger partial charge in [0, 0.05) is 55.6 Å². The van der Waals surface area contributed by atoms with Crippen LogP contribution < -0.4 is 9.47 Å². The molecule has 5 aromatic rings. The van der Waals surface area contributed by atoms with Crippen molar-refractivity contribution in [3.05, 3.63) is 119 Å². The first-order chi connectivity index (χ1) is 23.3. The van der Waals surface area contributed by atoms with Gasteiger partial charge < -0.3 is 24.4 Å². The fraction of sp³-hybridized carbons (Fsp3) is 0.231. The van der Waals surface area contributed by atoms with Crippen LogP contribution in [0.4, 0.5) is 0 Å². The Balaban J connectivity index is 0.000000234. The van der Waals surface area contributed by atoms with E-state index in [1.165, 1.54) is 23.4 Å². The number of ketones is 1. The molecule has 0 aliphatic heterocycles. The number of aromatic hydroxyl groups is 1. The van der Waals surface area contributed by atoms with Crippen LogP contribution in [0.2, 0.25) is 0 Å². The number of rotatable bonds is 6. The van der Waals surface area contributed by atoms with Gasteiger partial charge in [0.15, 0.2) is 5.78 Å². The molecule has 0 saturated carbocycles. The molecule has 0 fully saturated rings.